The Labute approximate surface area is 108 Å². The molecule has 1 aliphatic rings. The van der Waals surface area contributed by atoms with Gasteiger partial charge in [0.05, 0.1) is 24.4 Å². The topological polar surface area (TPSA) is 24.5 Å². The molecular formula is C14H21FN2O. The molecule has 0 atom stereocenters. The smallest absolute Gasteiger partial charge is 0.146 e. The fourth-order valence-corrected chi connectivity index (χ4v) is 2.47. The van der Waals surface area contributed by atoms with Crippen molar-refractivity contribution >= 4 is 5.69 Å². The highest BCUT2D eigenvalue weighted by Crippen LogP contribution is 2.32. The van der Waals surface area contributed by atoms with Gasteiger partial charge in [-0.25, -0.2) is 4.39 Å². The number of morpholine rings is 1. The van der Waals surface area contributed by atoms with Gasteiger partial charge in [-0.3, -0.25) is 0 Å². The monoisotopic (exact) mass is 252 g/mol. The molecule has 100 valence electrons. The Morgan fingerprint density at radius 1 is 1.44 bits per heavy atom. The van der Waals surface area contributed by atoms with Crippen molar-refractivity contribution in [2.45, 2.75) is 25.9 Å². The van der Waals surface area contributed by atoms with Gasteiger partial charge in [-0.05, 0) is 32.5 Å². The molecule has 1 fully saturated rings. The average molecular weight is 252 g/mol. The number of nitrogens with one attached hydrogen (secondary N) is 1. The van der Waals surface area contributed by atoms with Gasteiger partial charge >= 0.3 is 0 Å². The van der Waals surface area contributed by atoms with E-state index in [-0.39, 0.29) is 11.4 Å². The number of hydrogen-bond donors (Lipinski definition) is 1. The van der Waals surface area contributed by atoms with Crippen molar-refractivity contribution in [2.24, 2.45) is 0 Å². The van der Waals surface area contributed by atoms with Crippen LogP contribution in [0, 0.1) is 5.82 Å². The molecule has 0 radical (unpaired) electrons. The second kappa shape index (κ2) is 5.24. The van der Waals surface area contributed by atoms with Crippen molar-refractivity contribution in [2.75, 3.05) is 31.7 Å². The van der Waals surface area contributed by atoms with Crippen molar-refractivity contribution in [3.8, 4) is 0 Å². The van der Waals surface area contributed by atoms with Crippen LogP contribution in [0.15, 0.2) is 18.2 Å². The van der Waals surface area contributed by atoms with E-state index in [1.165, 1.54) is 6.07 Å². The van der Waals surface area contributed by atoms with Crippen molar-refractivity contribution < 1.29 is 9.13 Å². The maximum absolute atomic E-state index is 14.2. The quantitative estimate of drug-likeness (QED) is 0.892. The highest BCUT2D eigenvalue weighted by molar-refractivity contribution is 5.57. The van der Waals surface area contributed by atoms with Crippen LogP contribution in [-0.4, -0.2) is 32.3 Å². The molecule has 2 rings (SSSR count). The maximum Gasteiger partial charge on any atom is 0.146 e. The van der Waals surface area contributed by atoms with E-state index in [1.54, 1.807) is 6.07 Å². The Morgan fingerprint density at radius 3 is 2.89 bits per heavy atom. The van der Waals surface area contributed by atoms with E-state index in [0.29, 0.717) is 25.4 Å². The molecule has 1 saturated heterocycles. The van der Waals surface area contributed by atoms with Gasteiger partial charge < -0.3 is 15.0 Å². The van der Waals surface area contributed by atoms with Crippen LogP contribution in [-0.2, 0) is 11.3 Å². The van der Waals surface area contributed by atoms with E-state index in [9.17, 15) is 4.39 Å². The average Bonchev–Trinajstić information content (AvgIpc) is 2.31. The predicted octanol–water partition coefficient (Wildman–Crippen LogP) is 2.16. The van der Waals surface area contributed by atoms with Gasteiger partial charge in [0.1, 0.15) is 5.82 Å². The highest BCUT2D eigenvalue weighted by atomic mass is 19.1. The van der Waals surface area contributed by atoms with Crippen LogP contribution in [0.1, 0.15) is 19.4 Å². The van der Waals surface area contributed by atoms with Crippen LogP contribution in [0.3, 0.4) is 0 Å². The predicted molar refractivity (Wildman–Crippen MR) is 71.4 cm³/mol. The lowest BCUT2D eigenvalue weighted by Gasteiger charge is -2.44. The molecule has 0 aliphatic carbocycles. The van der Waals surface area contributed by atoms with E-state index in [1.807, 2.05) is 13.1 Å². The number of ether oxygens (including phenoxy) is 1. The van der Waals surface area contributed by atoms with E-state index < -0.39 is 0 Å². The number of hydrogen-bond acceptors (Lipinski definition) is 3. The molecule has 1 heterocycles. The summed E-state index contributed by atoms with van der Waals surface area (Å²) in [5, 5.41) is 3.09. The number of benzene rings is 1. The molecule has 1 aliphatic heterocycles. The second-order valence-electron chi connectivity index (χ2n) is 5.29. The molecule has 1 aromatic carbocycles. The first kappa shape index (κ1) is 13.3. The van der Waals surface area contributed by atoms with Crippen molar-refractivity contribution in [3.05, 3.63) is 29.6 Å². The lowest BCUT2D eigenvalue weighted by molar-refractivity contribution is 0.0638. The van der Waals surface area contributed by atoms with Crippen molar-refractivity contribution in [1.82, 2.24) is 5.32 Å². The first-order chi connectivity index (χ1) is 8.56. The lowest BCUT2D eigenvalue weighted by atomic mass is 9.99. The van der Waals surface area contributed by atoms with Gasteiger partial charge in [-0.1, -0.05) is 12.1 Å². The molecule has 1 N–H and O–H groups in total. The number of para-hydroxylation sites is 1. The van der Waals surface area contributed by atoms with Gasteiger partial charge in [-0.2, -0.15) is 0 Å². The molecule has 0 saturated carbocycles. The Bertz CT molecular complexity index is 420. The molecule has 1 aromatic rings. The van der Waals surface area contributed by atoms with E-state index in [0.717, 1.165) is 12.1 Å². The summed E-state index contributed by atoms with van der Waals surface area (Å²) in [4.78, 5) is 2.12. The van der Waals surface area contributed by atoms with Crippen LogP contribution in [0.2, 0.25) is 0 Å². The zero-order valence-electron chi connectivity index (χ0n) is 11.3. The fourth-order valence-electron chi connectivity index (χ4n) is 2.47. The second-order valence-corrected chi connectivity index (χ2v) is 5.29. The Balaban J connectivity index is 2.42. The first-order valence-corrected chi connectivity index (χ1v) is 6.33. The van der Waals surface area contributed by atoms with Gasteiger partial charge in [0, 0.05) is 13.1 Å². The summed E-state index contributed by atoms with van der Waals surface area (Å²) in [5.74, 6) is -0.155. The number of halogens is 1. The number of rotatable bonds is 3. The highest BCUT2D eigenvalue weighted by Gasteiger charge is 2.33. The third-order valence-corrected chi connectivity index (χ3v) is 3.35. The molecule has 0 amide bonds. The first-order valence-electron chi connectivity index (χ1n) is 6.33. The fraction of sp³-hybridized carbons (Fsp3) is 0.571. The molecule has 3 nitrogen and oxygen atoms in total. The SMILES string of the molecule is CNCc1cccc(F)c1N1CCOCC1(C)C. The van der Waals surface area contributed by atoms with Gasteiger partial charge in [0.2, 0.25) is 0 Å². The minimum absolute atomic E-state index is 0.155. The van der Waals surface area contributed by atoms with Gasteiger partial charge in [0.25, 0.3) is 0 Å². The molecule has 0 aromatic heterocycles. The van der Waals surface area contributed by atoms with E-state index >= 15 is 0 Å². The molecule has 0 bridgehead atoms. The van der Waals surface area contributed by atoms with Crippen LogP contribution in [0.4, 0.5) is 10.1 Å². The Morgan fingerprint density at radius 2 is 2.22 bits per heavy atom. The third kappa shape index (κ3) is 2.49. The van der Waals surface area contributed by atoms with Gasteiger partial charge in [-0.15, -0.1) is 0 Å². The molecule has 4 heteroatoms. The Hall–Kier alpha value is -1.13. The summed E-state index contributed by atoms with van der Waals surface area (Å²) in [6.45, 7) is 6.84. The minimum atomic E-state index is -0.178. The standard InChI is InChI=1S/C14H21FN2O/c1-14(2)10-18-8-7-17(14)13-11(9-16-3)5-4-6-12(13)15/h4-6,16H,7-10H2,1-3H3. The van der Waals surface area contributed by atoms with Crippen molar-refractivity contribution in [3.63, 3.8) is 0 Å². The van der Waals surface area contributed by atoms with Gasteiger partial charge in [0.15, 0.2) is 0 Å². The van der Waals surface area contributed by atoms with Crippen LogP contribution in [0.25, 0.3) is 0 Å². The summed E-state index contributed by atoms with van der Waals surface area (Å²) in [6, 6.07) is 5.26. The van der Waals surface area contributed by atoms with E-state index in [2.05, 4.69) is 24.1 Å². The maximum atomic E-state index is 14.2. The molecular weight excluding hydrogens is 231 g/mol. The summed E-state index contributed by atoms with van der Waals surface area (Å²) in [6.07, 6.45) is 0. The minimum Gasteiger partial charge on any atom is -0.377 e. The molecule has 0 spiro atoms. The van der Waals surface area contributed by atoms with Crippen LogP contribution >= 0.6 is 0 Å². The van der Waals surface area contributed by atoms with E-state index in [4.69, 9.17) is 4.74 Å². The third-order valence-electron chi connectivity index (χ3n) is 3.35. The normalized spacial score (nSPS) is 19.0. The Kier molecular flexibility index (Phi) is 3.88. The number of anilines is 1. The number of nitrogens with zero attached hydrogens (tertiary/aromatic N) is 1. The largest absolute Gasteiger partial charge is 0.377 e. The van der Waals surface area contributed by atoms with Crippen LogP contribution < -0.4 is 10.2 Å². The zero-order chi connectivity index (χ0) is 13.2. The summed E-state index contributed by atoms with van der Waals surface area (Å²) in [7, 11) is 1.87. The zero-order valence-corrected chi connectivity index (χ0v) is 11.3. The van der Waals surface area contributed by atoms with Crippen LogP contribution in [0.5, 0.6) is 0 Å². The lowest BCUT2D eigenvalue weighted by Crippen LogP contribution is -2.54. The molecule has 0 unspecified atom stereocenters. The molecule has 18 heavy (non-hydrogen) atoms. The van der Waals surface area contributed by atoms with Crippen molar-refractivity contribution in [1.29, 1.82) is 0 Å². The summed E-state index contributed by atoms with van der Waals surface area (Å²) in [5.41, 5.74) is 1.52. The summed E-state index contributed by atoms with van der Waals surface area (Å²) >= 11 is 0. The summed E-state index contributed by atoms with van der Waals surface area (Å²) < 4.78 is 19.7.